The van der Waals surface area contributed by atoms with E-state index >= 15 is 0 Å². The Balaban J connectivity index is 1.89. The molecule has 2 aromatic heterocycles. The Morgan fingerprint density at radius 3 is 2.81 bits per heavy atom. The van der Waals surface area contributed by atoms with Crippen molar-refractivity contribution >= 4 is 6.03 Å². The van der Waals surface area contributed by atoms with Crippen LogP contribution in [0, 0.1) is 13.8 Å². The molecule has 2 rings (SSSR count). The third-order valence-electron chi connectivity index (χ3n) is 3.25. The van der Waals surface area contributed by atoms with Crippen molar-refractivity contribution in [3.05, 3.63) is 47.0 Å². The number of aromatic nitrogens is 3. The Morgan fingerprint density at radius 2 is 2.19 bits per heavy atom. The number of aryl methyl sites for hydroxylation is 3. The number of rotatable bonds is 4. The summed E-state index contributed by atoms with van der Waals surface area (Å²) in [7, 11) is 3.61. The molecule has 1 N–H and O–H groups in total. The Labute approximate surface area is 124 Å². The van der Waals surface area contributed by atoms with Gasteiger partial charge in [0.15, 0.2) is 0 Å². The molecule has 2 heterocycles. The van der Waals surface area contributed by atoms with Crippen molar-refractivity contribution in [2.45, 2.75) is 26.9 Å². The van der Waals surface area contributed by atoms with Gasteiger partial charge in [0.2, 0.25) is 0 Å². The van der Waals surface area contributed by atoms with Gasteiger partial charge in [-0.1, -0.05) is 6.07 Å². The first-order valence-electron chi connectivity index (χ1n) is 6.85. The molecule has 0 saturated carbocycles. The monoisotopic (exact) mass is 287 g/mol. The zero-order chi connectivity index (χ0) is 15.4. The molecule has 6 nitrogen and oxygen atoms in total. The van der Waals surface area contributed by atoms with E-state index in [-0.39, 0.29) is 6.03 Å². The van der Waals surface area contributed by atoms with Gasteiger partial charge in [-0.2, -0.15) is 5.10 Å². The van der Waals surface area contributed by atoms with Gasteiger partial charge in [0.1, 0.15) is 0 Å². The molecule has 6 heteroatoms. The molecular weight excluding hydrogens is 266 g/mol. The zero-order valence-corrected chi connectivity index (χ0v) is 12.9. The summed E-state index contributed by atoms with van der Waals surface area (Å²) in [6.07, 6.45) is 3.67. The Morgan fingerprint density at radius 1 is 1.43 bits per heavy atom. The van der Waals surface area contributed by atoms with Crippen molar-refractivity contribution in [3.63, 3.8) is 0 Å². The predicted octanol–water partition coefficient (Wildman–Crippen LogP) is 1.77. The minimum atomic E-state index is -0.137. The van der Waals surface area contributed by atoms with Gasteiger partial charge in [-0.3, -0.25) is 9.67 Å². The second kappa shape index (κ2) is 6.39. The molecule has 0 aliphatic rings. The summed E-state index contributed by atoms with van der Waals surface area (Å²) < 4.78 is 1.72. The van der Waals surface area contributed by atoms with Crippen LogP contribution in [0.2, 0.25) is 0 Å². The first-order valence-corrected chi connectivity index (χ1v) is 6.85. The number of nitrogens with one attached hydrogen (secondary N) is 1. The highest BCUT2D eigenvalue weighted by Crippen LogP contribution is 2.07. The van der Waals surface area contributed by atoms with Gasteiger partial charge in [-0.25, -0.2) is 4.79 Å². The van der Waals surface area contributed by atoms with Crippen LogP contribution in [-0.2, 0) is 20.1 Å². The van der Waals surface area contributed by atoms with E-state index in [9.17, 15) is 4.79 Å². The first kappa shape index (κ1) is 15.0. The van der Waals surface area contributed by atoms with Crippen molar-refractivity contribution in [1.29, 1.82) is 0 Å². The Bertz CT molecular complexity index is 635. The molecule has 0 aromatic carbocycles. The van der Waals surface area contributed by atoms with Gasteiger partial charge in [0, 0.05) is 26.5 Å². The SMILES string of the molecule is Cc1cnc(CNC(=O)N(C)Cc2ccn(C)n2)c(C)c1. The summed E-state index contributed by atoms with van der Waals surface area (Å²) in [5.74, 6) is 0. The molecular formula is C15H21N5O. The highest BCUT2D eigenvalue weighted by atomic mass is 16.2. The number of hydrogen-bond acceptors (Lipinski definition) is 3. The lowest BCUT2D eigenvalue weighted by molar-refractivity contribution is 0.205. The fraction of sp³-hybridized carbons (Fsp3) is 0.400. The fourth-order valence-electron chi connectivity index (χ4n) is 2.09. The van der Waals surface area contributed by atoms with Crippen LogP contribution in [0.4, 0.5) is 4.79 Å². The quantitative estimate of drug-likeness (QED) is 0.932. The lowest BCUT2D eigenvalue weighted by Crippen LogP contribution is -2.36. The van der Waals surface area contributed by atoms with E-state index in [1.54, 1.807) is 16.6 Å². The Kier molecular flexibility index (Phi) is 4.57. The van der Waals surface area contributed by atoms with Gasteiger partial charge in [0.05, 0.1) is 24.5 Å². The molecule has 2 amide bonds. The molecule has 0 aliphatic carbocycles. The minimum absolute atomic E-state index is 0.137. The van der Waals surface area contributed by atoms with E-state index in [1.165, 1.54) is 0 Å². The van der Waals surface area contributed by atoms with Crippen molar-refractivity contribution in [1.82, 2.24) is 25.0 Å². The van der Waals surface area contributed by atoms with Gasteiger partial charge >= 0.3 is 6.03 Å². The molecule has 2 aromatic rings. The van der Waals surface area contributed by atoms with E-state index in [1.807, 2.05) is 39.4 Å². The molecule has 0 radical (unpaired) electrons. The second-order valence-corrected chi connectivity index (χ2v) is 5.27. The molecule has 0 fully saturated rings. The Hall–Kier alpha value is -2.37. The number of pyridine rings is 1. The topological polar surface area (TPSA) is 63.1 Å². The van der Waals surface area contributed by atoms with Gasteiger partial charge in [-0.15, -0.1) is 0 Å². The third kappa shape index (κ3) is 4.05. The van der Waals surface area contributed by atoms with Crippen LogP contribution in [0.5, 0.6) is 0 Å². The number of nitrogens with zero attached hydrogens (tertiary/aromatic N) is 4. The van der Waals surface area contributed by atoms with Crippen LogP contribution in [0.3, 0.4) is 0 Å². The normalized spacial score (nSPS) is 10.5. The summed E-state index contributed by atoms with van der Waals surface area (Å²) in [5, 5.41) is 7.13. The lowest BCUT2D eigenvalue weighted by atomic mass is 10.1. The maximum absolute atomic E-state index is 12.1. The highest BCUT2D eigenvalue weighted by Gasteiger charge is 2.11. The van der Waals surface area contributed by atoms with E-state index in [2.05, 4.69) is 21.5 Å². The van der Waals surface area contributed by atoms with E-state index in [0.717, 1.165) is 22.5 Å². The summed E-state index contributed by atoms with van der Waals surface area (Å²) in [6, 6.07) is 3.82. The smallest absolute Gasteiger partial charge is 0.317 e. The van der Waals surface area contributed by atoms with Crippen LogP contribution in [0.25, 0.3) is 0 Å². The summed E-state index contributed by atoms with van der Waals surface area (Å²) in [6.45, 7) is 4.91. The van der Waals surface area contributed by atoms with Gasteiger partial charge < -0.3 is 10.2 Å². The van der Waals surface area contributed by atoms with E-state index < -0.39 is 0 Å². The van der Waals surface area contributed by atoms with Gasteiger partial charge in [-0.05, 0) is 31.0 Å². The van der Waals surface area contributed by atoms with Gasteiger partial charge in [0.25, 0.3) is 0 Å². The molecule has 112 valence electrons. The largest absolute Gasteiger partial charge is 0.332 e. The number of carbonyl (C=O) groups excluding carboxylic acids is 1. The molecule has 0 saturated heterocycles. The second-order valence-electron chi connectivity index (χ2n) is 5.27. The first-order chi connectivity index (χ1) is 9.95. The molecule has 0 atom stereocenters. The standard InChI is InChI=1S/C15H21N5O/c1-11-7-12(2)14(16-8-11)9-17-15(21)19(3)10-13-5-6-20(4)18-13/h5-8H,9-10H2,1-4H3,(H,17,21). The summed E-state index contributed by atoms with van der Waals surface area (Å²) >= 11 is 0. The number of carbonyl (C=O) groups is 1. The minimum Gasteiger partial charge on any atom is -0.332 e. The zero-order valence-electron chi connectivity index (χ0n) is 12.9. The number of amides is 2. The van der Waals surface area contributed by atoms with Crippen LogP contribution in [-0.4, -0.2) is 32.7 Å². The van der Waals surface area contributed by atoms with Crippen molar-refractivity contribution < 1.29 is 4.79 Å². The van der Waals surface area contributed by atoms with Crippen LogP contribution < -0.4 is 5.32 Å². The van der Waals surface area contributed by atoms with E-state index in [0.29, 0.717) is 13.1 Å². The van der Waals surface area contributed by atoms with Crippen molar-refractivity contribution in [2.24, 2.45) is 7.05 Å². The molecule has 21 heavy (non-hydrogen) atoms. The van der Waals surface area contributed by atoms with E-state index in [4.69, 9.17) is 0 Å². The molecule has 0 spiro atoms. The van der Waals surface area contributed by atoms with Crippen LogP contribution in [0.1, 0.15) is 22.5 Å². The maximum atomic E-state index is 12.1. The summed E-state index contributed by atoms with van der Waals surface area (Å²) in [4.78, 5) is 18.0. The average molecular weight is 287 g/mol. The van der Waals surface area contributed by atoms with Crippen LogP contribution >= 0.6 is 0 Å². The molecule has 0 aliphatic heterocycles. The number of hydrogen-bond donors (Lipinski definition) is 1. The van der Waals surface area contributed by atoms with Crippen molar-refractivity contribution in [2.75, 3.05) is 7.05 Å². The fourth-order valence-corrected chi connectivity index (χ4v) is 2.09. The third-order valence-corrected chi connectivity index (χ3v) is 3.25. The molecule has 0 bridgehead atoms. The molecule has 0 unspecified atom stereocenters. The number of urea groups is 1. The van der Waals surface area contributed by atoms with Crippen LogP contribution in [0.15, 0.2) is 24.5 Å². The maximum Gasteiger partial charge on any atom is 0.317 e. The summed E-state index contributed by atoms with van der Waals surface area (Å²) in [5.41, 5.74) is 3.96. The predicted molar refractivity (Wildman–Crippen MR) is 80.6 cm³/mol. The average Bonchev–Trinajstić information content (AvgIpc) is 2.82. The highest BCUT2D eigenvalue weighted by molar-refractivity contribution is 5.73. The van der Waals surface area contributed by atoms with Crippen molar-refractivity contribution in [3.8, 4) is 0 Å². The lowest BCUT2D eigenvalue weighted by Gasteiger charge is -2.17.